The largest absolute Gasteiger partial charge is 0.460 e. The minimum atomic E-state index is -2.92. The van der Waals surface area contributed by atoms with Gasteiger partial charge in [0.1, 0.15) is 12.6 Å². The van der Waals surface area contributed by atoms with Crippen LogP contribution in [0.4, 0.5) is 0 Å². The number of carbonyl (C=O) groups is 1. The highest BCUT2D eigenvalue weighted by Crippen LogP contribution is 2.00. The summed E-state index contributed by atoms with van der Waals surface area (Å²) in [5.74, 6) is -1.26. The van der Waals surface area contributed by atoms with Gasteiger partial charge in [-0.25, -0.2) is 0 Å². The molecule has 0 saturated carbocycles. The lowest BCUT2D eigenvalue weighted by Crippen LogP contribution is -2.28. The van der Waals surface area contributed by atoms with E-state index in [0.29, 0.717) is 5.56 Å². The van der Waals surface area contributed by atoms with Gasteiger partial charge in [-0.1, -0.05) is 30.3 Å². The number of ether oxygens (including phenoxy) is 1. The second-order valence-corrected chi connectivity index (χ2v) is 2.48. The quantitative estimate of drug-likeness (QED) is 0.784. The summed E-state index contributed by atoms with van der Waals surface area (Å²) < 4.78 is 32.9. The Morgan fingerprint density at radius 2 is 2.29 bits per heavy atom. The molecule has 1 aromatic rings. The van der Waals surface area contributed by atoms with E-state index in [9.17, 15) is 4.79 Å². The van der Waals surface area contributed by atoms with E-state index in [1.807, 2.05) is 0 Å². The lowest BCUT2D eigenvalue weighted by Gasteiger charge is -2.06. The predicted molar refractivity (Wildman–Crippen MR) is 57.1 cm³/mol. The van der Waals surface area contributed by atoms with E-state index in [1.165, 1.54) is 0 Å². The normalized spacial score (nSPS) is 18.6. The van der Waals surface area contributed by atoms with E-state index in [1.54, 1.807) is 30.3 Å². The Kier molecular flexibility index (Phi) is 3.32. The first-order valence-electron chi connectivity index (χ1n) is 5.75. The average Bonchev–Trinajstić information content (AvgIpc) is 2.25. The number of hydrogen-bond acceptors (Lipinski definition) is 3. The maximum atomic E-state index is 11.4. The van der Waals surface area contributed by atoms with E-state index in [-0.39, 0.29) is 19.0 Å². The zero-order valence-electron chi connectivity index (χ0n) is 11.4. The van der Waals surface area contributed by atoms with Crippen LogP contribution in [-0.4, -0.2) is 12.0 Å². The second kappa shape index (κ2) is 6.40. The lowest BCUT2D eigenvalue weighted by molar-refractivity contribution is -0.146. The number of halogens is 1. The number of carbonyl (C=O) groups excluding carboxylic acids is 1. The van der Waals surface area contributed by atoms with Crippen molar-refractivity contribution in [2.24, 2.45) is 5.73 Å². The second-order valence-electron chi connectivity index (χ2n) is 2.48. The molecule has 2 N–H and O–H groups in total. The molecule has 0 heterocycles. The molecule has 0 spiro atoms. The summed E-state index contributed by atoms with van der Waals surface area (Å²) in [4.78, 5) is 11.4. The van der Waals surface area contributed by atoms with E-state index < -0.39 is 18.8 Å². The molecule has 1 atom stereocenters. The monoisotopic (exact) mass is 219 g/mol. The number of nitrogens with two attached hydrogens (primary N) is 1. The third-order valence-electron chi connectivity index (χ3n) is 1.43. The third-order valence-corrected chi connectivity index (χ3v) is 1.43. The first-order chi connectivity index (χ1) is 7.75. The Balaban J connectivity index is 0.00000289. The van der Waals surface area contributed by atoms with Crippen LogP contribution >= 0.6 is 12.4 Å². The summed E-state index contributed by atoms with van der Waals surface area (Å²) >= 11 is 0. The minimum Gasteiger partial charge on any atom is -0.460 e. The van der Waals surface area contributed by atoms with Crippen molar-refractivity contribution in [1.29, 1.82) is 0 Å². The maximum Gasteiger partial charge on any atom is 0.322 e. The maximum absolute atomic E-state index is 11.4. The molecule has 0 bridgehead atoms. The number of esters is 1. The highest BCUT2D eigenvalue weighted by Gasteiger charge is 2.07. The topological polar surface area (TPSA) is 52.3 Å². The van der Waals surface area contributed by atoms with E-state index >= 15 is 0 Å². The molecule has 0 aliphatic heterocycles. The Hall–Kier alpha value is -1.06. The number of rotatable bonds is 3. The molecular formula is C10H14ClNO2. The molecule has 78 valence electrons. The van der Waals surface area contributed by atoms with Gasteiger partial charge in [-0.2, -0.15) is 0 Å². The van der Waals surface area contributed by atoms with Crippen molar-refractivity contribution in [2.45, 2.75) is 19.5 Å². The van der Waals surface area contributed by atoms with Crippen LogP contribution in [0, 0.1) is 0 Å². The van der Waals surface area contributed by atoms with Gasteiger partial charge in [0.2, 0.25) is 0 Å². The molecular weight excluding hydrogens is 202 g/mol. The van der Waals surface area contributed by atoms with Gasteiger partial charge in [-0.3, -0.25) is 4.79 Å². The smallest absolute Gasteiger partial charge is 0.322 e. The summed E-state index contributed by atoms with van der Waals surface area (Å²) in [5, 5.41) is 0. The molecule has 0 fully saturated rings. The lowest BCUT2D eigenvalue weighted by atomic mass is 10.2. The molecule has 0 radical (unpaired) electrons. The molecule has 14 heavy (non-hydrogen) atoms. The molecule has 0 unspecified atom stereocenters. The summed E-state index contributed by atoms with van der Waals surface area (Å²) in [6.07, 6.45) is 0. The Morgan fingerprint density at radius 1 is 1.64 bits per heavy atom. The van der Waals surface area contributed by atoms with Crippen LogP contribution in [0.5, 0.6) is 0 Å². The van der Waals surface area contributed by atoms with Crippen LogP contribution in [0.1, 0.15) is 17.9 Å². The minimum absolute atomic E-state index is 0. The summed E-state index contributed by atoms with van der Waals surface area (Å²) in [7, 11) is 0. The molecule has 4 heteroatoms. The van der Waals surface area contributed by atoms with Gasteiger partial charge in [0.15, 0.2) is 0 Å². The molecule has 1 rings (SSSR count). The zero-order chi connectivity index (χ0) is 13.1. The molecule has 0 aliphatic rings. The number of hydrogen-bond donors (Lipinski definition) is 1. The number of benzene rings is 1. The SMILES string of the molecule is Cl.[2H]C([2H])([2H])[C@]([2H])(N)C(=O)OCc1ccccc1. The van der Waals surface area contributed by atoms with Gasteiger partial charge >= 0.3 is 5.97 Å². The highest BCUT2D eigenvalue weighted by molar-refractivity contribution is 5.85. The molecule has 0 aliphatic carbocycles. The van der Waals surface area contributed by atoms with Crippen LogP contribution < -0.4 is 5.73 Å². The van der Waals surface area contributed by atoms with Gasteiger partial charge in [-0.05, 0) is 12.4 Å². The van der Waals surface area contributed by atoms with Crippen LogP contribution in [0.15, 0.2) is 30.3 Å². The Labute approximate surface area is 95.3 Å². The van der Waals surface area contributed by atoms with Gasteiger partial charge in [0, 0.05) is 4.11 Å². The first kappa shape index (κ1) is 7.26. The van der Waals surface area contributed by atoms with Crippen LogP contribution in [-0.2, 0) is 16.1 Å². The van der Waals surface area contributed by atoms with Crippen molar-refractivity contribution in [3.8, 4) is 0 Å². The standard InChI is InChI=1S/C10H13NO2.ClH/c1-8(11)10(12)13-7-9-5-3-2-4-6-9;/h2-6,8H,7,11H2,1H3;1H/t8-;/m0./s1/i1D3,8D;. The molecule has 0 aromatic heterocycles. The van der Waals surface area contributed by atoms with E-state index in [4.69, 9.17) is 16.0 Å². The average molecular weight is 220 g/mol. The third kappa shape index (κ3) is 4.25. The van der Waals surface area contributed by atoms with Crippen molar-refractivity contribution in [3.63, 3.8) is 0 Å². The van der Waals surface area contributed by atoms with Crippen molar-refractivity contribution >= 4 is 18.4 Å². The Morgan fingerprint density at radius 3 is 2.86 bits per heavy atom. The summed E-state index contributed by atoms with van der Waals surface area (Å²) in [6, 6.07) is 6.00. The fraction of sp³-hybridized carbons (Fsp3) is 0.300. The molecule has 1 aromatic carbocycles. The van der Waals surface area contributed by atoms with E-state index in [0.717, 1.165) is 0 Å². The first-order valence-corrected chi connectivity index (χ1v) is 3.75. The van der Waals surface area contributed by atoms with E-state index in [2.05, 4.69) is 0 Å². The van der Waals surface area contributed by atoms with Crippen molar-refractivity contribution < 1.29 is 15.0 Å². The summed E-state index contributed by atoms with van der Waals surface area (Å²) in [5.41, 5.74) is 5.83. The van der Waals surface area contributed by atoms with Gasteiger partial charge in [0.25, 0.3) is 0 Å². The zero-order valence-corrected chi connectivity index (χ0v) is 8.21. The van der Waals surface area contributed by atoms with Gasteiger partial charge < -0.3 is 10.5 Å². The van der Waals surface area contributed by atoms with Gasteiger partial charge in [-0.15, -0.1) is 12.4 Å². The van der Waals surface area contributed by atoms with Crippen molar-refractivity contribution in [1.82, 2.24) is 0 Å². The van der Waals surface area contributed by atoms with Crippen molar-refractivity contribution in [3.05, 3.63) is 35.9 Å². The van der Waals surface area contributed by atoms with Crippen LogP contribution in [0.2, 0.25) is 0 Å². The highest BCUT2D eigenvalue weighted by atomic mass is 35.5. The molecule has 0 amide bonds. The fourth-order valence-corrected chi connectivity index (χ4v) is 0.801. The predicted octanol–water partition coefficient (Wildman–Crippen LogP) is 1.50. The molecule has 3 nitrogen and oxygen atoms in total. The molecule has 0 saturated heterocycles. The Bertz CT molecular complexity index is 395. The van der Waals surface area contributed by atoms with Gasteiger partial charge in [0.05, 0.1) is 1.37 Å². The fourth-order valence-electron chi connectivity index (χ4n) is 0.801. The van der Waals surface area contributed by atoms with Crippen LogP contribution in [0.3, 0.4) is 0 Å². The van der Waals surface area contributed by atoms with Crippen molar-refractivity contribution in [2.75, 3.05) is 0 Å². The van der Waals surface area contributed by atoms with Crippen LogP contribution in [0.25, 0.3) is 0 Å². The summed E-state index contributed by atoms with van der Waals surface area (Å²) in [6.45, 7) is -3.02.